The lowest BCUT2D eigenvalue weighted by atomic mass is 10.2. The van der Waals surface area contributed by atoms with E-state index in [0.717, 1.165) is 16.5 Å². The van der Waals surface area contributed by atoms with Crippen molar-refractivity contribution in [2.24, 2.45) is 0 Å². The van der Waals surface area contributed by atoms with Crippen molar-refractivity contribution in [2.45, 2.75) is 12.8 Å². The second-order valence-corrected chi connectivity index (χ2v) is 4.43. The molecular formula is C13H16BrNO2. The van der Waals surface area contributed by atoms with Crippen LogP contribution in [-0.2, 0) is 4.79 Å². The van der Waals surface area contributed by atoms with Crippen LogP contribution in [0.1, 0.15) is 18.4 Å². The van der Waals surface area contributed by atoms with Crippen molar-refractivity contribution in [2.75, 3.05) is 13.2 Å². The highest BCUT2D eigenvalue weighted by Crippen LogP contribution is 2.16. The monoisotopic (exact) mass is 297 g/mol. The molecule has 0 aliphatic carbocycles. The fraction of sp³-hybridized carbons (Fsp3) is 0.308. The molecule has 0 heterocycles. The van der Waals surface area contributed by atoms with Gasteiger partial charge >= 0.3 is 0 Å². The first-order valence-corrected chi connectivity index (χ1v) is 6.34. The Morgan fingerprint density at radius 3 is 2.82 bits per heavy atom. The minimum absolute atomic E-state index is 0.112. The number of rotatable bonds is 6. The molecule has 17 heavy (non-hydrogen) atoms. The molecule has 0 aliphatic rings. The van der Waals surface area contributed by atoms with E-state index in [0.29, 0.717) is 13.0 Å². The zero-order valence-corrected chi connectivity index (χ0v) is 11.1. The van der Waals surface area contributed by atoms with Gasteiger partial charge in [0, 0.05) is 23.7 Å². The summed E-state index contributed by atoms with van der Waals surface area (Å²) in [5.41, 5.74) is 0.970. The van der Waals surface area contributed by atoms with Crippen LogP contribution in [-0.4, -0.2) is 24.2 Å². The number of aliphatic hydroxyl groups excluding tert-OH is 1. The summed E-state index contributed by atoms with van der Waals surface area (Å²) in [4.78, 5) is 11.4. The van der Waals surface area contributed by atoms with Gasteiger partial charge in [-0.3, -0.25) is 4.79 Å². The summed E-state index contributed by atoms with van der Waals surface area (Å²) in [6, 6.07) is 7.71. The number of benzene rings is 1. The van der Waals surface area contributed by atoms with Crippen LogP contribution >= 0.6 is 15.9 Å². The molecule has 92 valence electrons. The summed E-state index contributed by atoms with van der Waals surface area (Å²) >= 11 is 3.41. The van der Waals surface area contributed by atoms with Crippen molar-refractivity contribution in [3.8, 4) is 0 Å². The van der Waals surface area contributed by atoms with E-state index in [9.17, 15) is 4.79 Å². The summed E-state index contributed by atoms with van der Waals surface area (Å²) in [7, 11) is 0. The Bertz CT molecular complexity index is 391. The molecule has 1 aromatic carbocycles. The number of nitrogens with one attached hydrogen (secondary N) is 1. The van der Waals surface area contributed by atoms with Crippen LogP contribution in [0.25, 0.3) is 6.08 Å². The second kappa shape index (κ2) is 8.03. The smallest absolute Gasteiger partial charge is 0.243 e. The molecule has 0 atom stereocenters. The minimum Gasteiger partial charge on any atom is -0.396 e. The fourth-order valence-corrected chi connectivity index (χ4v) is 1.70. The number of amides is 1. The van der Waals surface area contributed by atoms with Gasteiger partial charge in [-0.2, -0.15) is 0 Å². The van der Waals surface area contributed by atoms with Crippen LogP contribution in [0, 0.1) is 0 Å². The Morgan fingerprint density at radius 2 is 2.12 bits per heavy atom. The summed E-state index contributed by atoms with van der Waals surface area (Å²) in [6.07, 6.45) is 4.80. The Morgan fingerprint density at radius 1 is 1.35 bits per heavy atom. The minimum atomic E-state index is -0.112. The third-order valence-corrected chi connectivity index (χ3v) is 2.93. The van der Waals surface area contributed by atoms with Crippen LogP contribution in [0.3, 0.4) is 0 Å². The predicted octanol–water partition coefficient (Wildman–Crippen LogP) is 2.35. The van der Waals surface area contributed by atoms with E-state index in [4.69, 9.17) is 5.11 Å². The first kappa shape index (κ1) is 13.9. The molecule has 3 nitrogen and oxygen atoms in total. The first-order chi connectivity index (χ1) is 8.24. The third kappa shape index (κ3) is 5.65. The van der Waals surface area contributed by atoms with E-state index in [1.165, 1.54) is 6.08 Å². The number of unbranched alkanes of at least 4 members (excludes halogenated alkanes) is 1. The third-order valence-electron chi connectivity index (χ3n) is 2.20. The highest BCUT2D eigenvalue weighted by Gasteiger charge is 1.96. The molecule has 4 heteroatoms. The van der Waals surface area contributed by atoms with E-state index in [1.54, 1.807) is 6.08 Å². The van der Waals surface area contributed by atoms with Gasteiger partial charge in [0.1, 0.15) is 0 Å². The van der Waals surface area contributed by atoms with E-state index >= 15 is 0 Å². The quantitative estimate of drug-likeness (QED) is 0.625. The van der Waals surface area contributed by atoms with E-state index in [1.807, 2.05) is 24.3 Å². The molecule has 0 aromatic heterocycles. The number of carbonyl (C=O) groups is 1. The lowest BCUT2D eigenvalue weighted by Crippen LogP contribution is -2.22. The van der Waals surface area contributed by atoms with Gasteiger partial charge in [0.15, 0.2) is 0 Å². The SMILES string of the molecule is O=C(/C=C/c1ccccc1Br)NCCCCO. The zero-order valence-electron chi connectivity index (χ0n) is 9.53. The Balaban J connectivity index is 2.38. The first-order valence-electron chi connectivity index (χ1n) is 5.55. The van der Waals surface area contributed by atoms with Crippen molar-refractivity contribution < 1.29 is 9.90 Å². The second-order valence-electron chi connectivity index (χ2n) is 3.58. The molecule has 1 aromatic rings. The normalized spacial score (nSPS) is 10.7. The number of hydrogen-bond donors (Lipinski definition) is 2. The van der Waals surface area contributed by atoms with Crippen LogP contribution < -0.4 is 5.32 Å². The number of carbonyl (C=O) groups excluding carboxylic acids is 1. The van der Waals surface area contributed by atoms with E-state index in [2.05, 4.69) is 21.2 Å². The van der Waals surface area contributed by atoms with E-state index < -0.39 is 0 Å². The van der Waals surface area contributed by atoms with Crippen molar-refractivity contribution in [1.82, 2.24) is 5.32 Å². The molecule has 0 unspecified atom stereocenters. The van der Waals surface area contributed by atoms with Crippen LogP contribution in [0.2, 0.25) is 0 Å². The summed E-state index contributed by atoms with van der Waals surface area (Å²) in [5, 5.41) is 11.3. The number of hydrogen-bond acceptors (Lipinski definition) is 2. The molecular weight excluding hydrogens is 282 g/mol. The molecule has 0 bridgehead atoms. The molecule has 0 spiro atoms. The average molecular weight is 298 g/mol. The average Bonchev–Trinajstić information content (AvgIpc) is 2.34. The highest BCUT2D eigenvalue weighted by atomic mass is 79.9. The number of halogens is 1. The number of aliphatic hydroxyl groups is 1. The molecule has 2 N–H and O–H groups in total. The van der Waals surface area contributed by atoms with E-state index in [-0.39, 0.29) is 12.5 Å². The van der Waals surface area contributed by atoms with Gasteiger partial charge in [0.2, 0.25) is 5.91 Å². The van der Waals surface area contributed by atoms with Crippen LogP contribution in [0.15, 0.2) is 34.8 Å². The predicted molar refractivity (Wildman–Crippen MR) is 72.5 cm³/mol. The zero-order chi connectivity index (χ0) is 12.5. The van der Waals surface area contributed by atoms with Gasteiger partial charge in [-0.05, 0) is 30.5 Å². The fourth-order valence-electron chi connectivity index (χ4n) is 1.28. The summed E-state index contributed by atoms with van der Waals surface area (Å²) < 4.78 is 0.962. The van der Waals surface area contributed by atoms with Crippen molar-refractivity contribution >= 4 is 27.9 Å². The molecule has 0 saturated carbocycles. The Hall–Kier alpha value is -1.13. The van der Waals surface area contributed by atoms with Gasteiger partial charge in [-0.15, -0.1) is 0 Å². The maximum Gasteiger partial charge on any atom is 0.243 e. The van der Waals surface area contributed by atoms with Gasteiger partial charge in [0.05, 0.1) is 0 Å². The van der Waals surface area contributed by atoms with Gasteiger partial charge < -0.3 is 10.4 Å². The summed E-state index contributed by atoms with van der Waals surface area (Å²) in [6.45, 7) is 0.766. The maximum absolute atomic E-state index is 11.4. The molecule has 0 saturated heterocycles. The Kier molecular flexibility index (Phi) is 6.58. The van der Waals surface area contributed by atoms with Crippen LogP contribution in [0.4, 0.5) is 0 Å². The molecule has 1 amide bonds. The van der Waals surface area contributed by atoms with Gasteiger partial charge in [-0.1, -0.05) is 34.1 Å². The van der Waals surface area contributed by atoms with Gasteiger partial charge in [-0.25, -0.2) is 0 Å². The van der Waals surface area contributed by atoms with Crippen LogP contribution in [0.5, 0.6) is 0 Å². The standard InChI is InChI=1S/C13H16BrNO2/c14-12-6-2-1-5-11(12)7-8-13(17)15-9-3-4-10-16/h1-2,5-8,16H,3-4,9-10H2,(H,15,17)/b8-7+. The lowest BCUT2D eigenvalue weighted by molar-refractivity contribution is -0.116. The van der Waals surface area contributed by atoms with Crippen molar-refractivity contribution in [1.29, 1.82) is 0 Å². The highest BCUT2D eigenvalue weighted by molar-refractivity contribution is 9.10. The van der Waals surface area contributed by atoms with Gasteiger partial charge in [0.25, 0.3) is 0 Å². The topological polar surface area (TPSA) is 49.3 Å². The molecule has 0 radical (unpaired) electrons. The molecule has 0 fully saturated rings. The maximum atomic E-state index is 11.4. The molecule has 1 rings (SSSR count). The Labute approximate surface area is 110 Å². The van der Waals surface area contributed by atoms with Crippen molar-refractivity contribution in [3.63, 3.8) is 0 Å². The largest absolute Gasteiger partial charge is 0.396 e. The lowest BCUT2D eigenvalue weighted by Gasteiger charge is -2.00. The molecule has 0 aliphatic heterocycles. The van der Waals surface area contributed by atoms with Crippen molar-refractivity contribution in [3.05, 3.63) is 40.4 Å². The summed E-state index contributed by atoms with van der Waals surface area (Å²) in [5.74, 6) is -0.112.